The van der Waals surface area contributed by atoms with Crippen LogP contribution in [0.4, 0.5) is 0 Å². The fourth-order valence-electron chi connectivity index (χ4n) is 3.37. The highest BCUT2D eigenvalue weighted by molar-refractivity contribution is 5.28. The van der Waals surface area contributed by atoms with Gasteiger partial charge in [0, 0.05) is 32.6 Å². The highest BCUT2D eigenvalue weighted by Gasteiger charge is 2.24. The fourth-order valence-corrected chi connectivity index (χ4v) is 3.37. The zero-order valence-electron chi connectivity index (χ0n) is 16.5. The summed E-state index contributed by atoms with van der Waals surface area (Å²) < 4.78 is 17.1. The van der Waals surface area contributed by atoms with Crippen LogP contribution in [0.1, 0.15) is 36.0 Å². The van der Waals surface area contributed by atoms with E-state index in [0.717, 1.165) is 63.1 Å². The van der Waals surface area contributed by atoms with Crippen molar-refractivity contribution < 1.29 is 13.9 Å². The topological polar surface area (TPSA) is 70.7 Å². The van der Waals surface area contributed by atoms with Gasteiger partial charge in [-0.3, -0.25) is 4.90 Å². The molecule has 1 fully saturated rings. The van der Waals surface area contributed by atoms with E-state index in [0.29, 0.717) is 13.0 Å². The lowest BCUT2D eigenvalue weighted by Gasteiger charge is -2.33. The summed E-state index contributed by atoms with van der Waals surface area (Å²) in [5.41, 5.74) is 1.18. The van der Waals surface area contributed by atoms with Gasteiger partial charge in [-0.15, -0.1) is 0 Å². The minimum Gasteiger partial charge on any atom is -0.494 e. The van der Waals surface area contributed by atoms with Crippen LogP contribution in [-0.4, -0.2) is 44.4 Å². The quantitative estimate of drug-likeness (QED) is 0.634. The van der Waals surface area contributed by atoms with Crippen LogP contribution >= 0.6 is 0 Å². The van der Waals surface area contributed by atoms with Crippen LogP contribution in [0.5, 0.6) is 5.75 Å². The molecule has 1 aromatic heterocycles. The van der Waals surface area contributed by atoms with Crippen LogP contribution in [0.3, 0.4) is 0 Å². The Balaban J connectivity index is 1.54. The van der Waals surface area contributed by atoms with Crippen molar-refractivity contribution in [2.24, 2.45) is 0 Å². The first-order valence-electron chi connectivity index (χ1n) is 9.94. The van der Waals surface area contributed by atoms with Gasteiger partial charge in [-0.05, 0) is 43.2 Å². The van der Waals surface area contributed by atoms with Gasteiger partial charge >= 0.3 is 0 Å². The van der Waals surface area contributed by atoms with Crippen molar-refractivity contribution in [3.63, 3.8) is 0 Å². The number of furan rings is 1. The molecule has 0 amide bonds. The Morgan fingerprint density at radius 3 is 2.86 bits per heavy atom. The Kier molecular flexibility index (Phi) is 7.92. The monoisotopic (exact) mass is 383 g/mol. The second-order valence-electron chi connectivity index (χ2n) is 7.00. The molecule has 1 aliphatic heterocycles. The first-order valence-corrected chi connectivity index (χ1v) is 9.94. The third-order valence-corrected chi connectivity index (χ3v) is 4.84. The molecular weight excluding hydrogens is 354 g/mol. The van der Waals surface area contributed by atoms with E-state index < -0.39 is 0 Å². The number of unbranched alkanes of at least 4 members (excludes halogenated alkanes) is 1. The maximum absolute atomic E-state index is 8.60. The predicted octanol–water partition coefficient (Wildman–Crippen LogP) is 3.43. The lowest BCUT2D eigenvalue weighted by atomic mass is 10.1. The Hall–Kier alpha value is -2.33. The standard InChI is InChI=1S/C22H29N3O3/c1-18-7-8-22(28-18)21(25-10-13-26-14-11-25)17-24-16-19-5-4-6-20(15-19)27-12-3-2-9-23/h4-8,15,21,24H,2-3,10-14,16-17H2,1H3. The molecule has 1 N–H and O–H groups in total. The van der Waals surface area contributed by atoms with E-state index in [4.69, 9.17) is 19.2 Å². The Morgan fingerprint density at radius 2 is 2.11 bits per heavy atom. The van der Waals surface area contributed by atoms with E-state index >= 15 is 0 Å². The highest BCUT2D eigenvalue weighted by Crippen LogP contribution is 2.23. The van der Waals surface area contributed by atoms with Gasteiger partial charge < -0.3 is 19.2 Å². The number of ether oxygens (including phenoxy) is 2. The normalized spacial score (nSPS) is 15.9. The average Bonchev–Trinajstić information content (AvgIpc) is 3.15. The third-order valence-electron chi connectivity index (χ3n) is 4.84. The van der Waals surface area contributed by atoms with Crippen LogP contribution < -0.4 is 10.1 Å². The summed E-state index contributed by atoms with van der Waals surface area (Å²) in [6.07, 6.45) is 1.28. The van der Waals surface area contributed by atoms with Gasteiger partial charge in [-0.2, -0.15) is 5.26 Å². The van der Waals surface area contributed by atoms with Crippen LogP contribution in [0.2, 0.25) is 0 Å². The van der Waals surface area contributed by atoms with Gasteiger partial charge in [-0.1, -0.05) is 12.1 Å². The molecule has 1 unspecified atom stereocenters. The van der Waals surface area contributed by atoms with Crippen molar-refractivity contribution in [3.05, 3.63) is 53.5 Å². The van der Waals surface area contributed by atoms with Crippen LogP contribution in [0.25, 0.3) is 0 Å². The zero-order chi connectivity index (χ0) is 19.6. The minimum atomic E-state index is 0.197. The molecule has 28 heavy (non-hydrogen) atoms. The summed E-state index contributed by atoms with van der Waals surface area (Å²) in [4.78, 5) is 2.42. The molecule has 2 heterocycles. The molecule has 1 saturated heterocycles. The molecule has 6 nitrogen and oxygen atoms in total. The molecule has 150 valence electrons. The number of morpholine rings is 1. The summed E-state index contributed by atoms with van der Waals surface area (Å²) in [6.45, 7) is 7.48. The van der Waals surface area contributed by atoms with Crippen LogP contribution in [-0.2, 0) is 11.3 Å². The third kappa shape index (κ3) is 6.10. The number of nitrogens with zero attached hydrogens (tertiary/aromatic N) is 2. The van der Waals surface area contributed by atoms with Gasteiger partial charge in [0.1, 0.15) is 17.3 Å². The first-order chi connectivity index (χ1) is 13.8. The summed E-state index contributed by atoms with van der Waals surface area (Å²) in [6, 6.07) is 14.5. The number of rotatable bonds is 10. The van der Waals surface area contributed by atoms with Crippen LogP contribution in [0.15, 0.2) is 40.8 Å². The summed E-state index contributed by atoms with van der Waals surface area (Å²) in [7, 11) is 0. The largest absolute Gasteiger partial charge is 0.494 e. The van der Waals surface area contributed by atoms with E-state index in [9.17, 15) is 0 Å². The van der Waals surface area contributed by atoms with Crippen molar-refractivity contribution >= 4 is 0 Å². The second kappa shape index (κ2) is 10.9. The number of hydrogen-bond acceptors (Lipinski definition) is 6. The molecule has 1 aliphatic rings. The maximum atomic E-state index is 8.60. The number of benzene rings is 1. The summed E-state index contributed by atoms with van der Waals surface area (Å²) in [5, 5.41) is 12.2. The second-order valence-corrected chi connectivity index (χ2v) is 7.00. The lowest BCUT2D eigenvalue weighted by Crippen LogP contribution is -2.42. The van der Waals surface area contributed by atoms with E-state index in [1.165, 1.54) is 5.56 Å². The van der Waals surface area contributed by atoms with Crippen molar-refractivity contribution in [3.8, 4) is 11.8 Å². The van der Waals surface area contributed by atoms with Crippen molar-refractivity contribution in [2.45, 2.75) is 32.4 Å². The van der Waals surface area contributed by atoms with Gasteiger partial charge in [0.2, 0.25) is 0 Å². The number of aryl methyl sites for hydroxylation is 1. The summed E-state index contributed by atoms with van der Waals surface area (Å²) in [5.74, 6) is 2.79. The molecule has 0 aliphatic carbocycles. The molecule has 6 heteroatoms. The molecule has 1 aromatic carbocycles. The fraction of sp³-hybridized carbons (Fsp3) is 0.500. The molecule has 3 rings (SSSR count). The number of nitrogens with one attached hydrogen (secondary N) is 1. The van der Waals surface area contributed by atoms with E-state index in [-0.39, 0.29) is 6.04 Å². The smallest absolute Gasteiger partial charge is 0.122 e. The molecule has 1 atom stereocenters. The SMILES string of the molecule is Cc1ccc(C(CNCc2cccc(OCCCC#N)c2)N2CCOCC2)o1. The van der Waals surface area contributed by atoms with Gasteiger partial charge in [0.15, 0.2) is 0 Å². The van der Waals surface area contributed by atoms with Crippen molar-refractivity contribution in [1.29, 1.82) is 5.26 Å². The predicted molar refractivity (Wildman–Crippen MR) is 107 cm³/mol. The van der Waals surface area contributed by atoms with Gasteiger partial charge in [0.05, 0.1) is 31.9 Å². The minimum absolute atomic E-state index is 0.197. The van der Waals surface area contributed by atoms with Crippen LogP contribution in [0, 0.1) is 18.3 Å². The summed E-state index contributed by atoms with van der Waals surface area (Å²) >= 11 is 0. The highest BCUT2D eigenvalue weighted by atomic mass is 16.5. The Labute approximate surface area is 167 Å². The maximum Gasteiger partial charge on any atom is 0.122 e. The number of hydrogen-bond donors (Lipinski definition) is 1. The Morgan fingerprint density at radius 1 is 1.25 bits per heavy atom. The Bertz CT molecular complexity index is 762. The number of nitriles is 1. The average molecular weight is 383 g/mol. The molecule has 2 aromatic rings. The van der Waals surface area contributed by atoms with Gasteiger partial charge in [-0.25, -0.2) is 0 Å². The van der Waals surface area contributed by atoms with Crippen molar-refractivity contribution in [1.82, 2.24) is 10.2 Å². The van der Waals surface area contributed by atoms with E-state index in [1.807, 2.05) is 25.1 Å². The van der Waals surface area contributed by atoms with E-state index in [2.05, 4.69) is 34.5 Å². The molecular formula is C22H29N3O3. The molecule has 0 spiro atoms. The zero-order valence-corrected chi connectivity index (χ0v) is 16.5. The first kappa shape index (κ1) is 20.4. The van der Waals surface area contributed by atoms with Gasteiger partial charge in [0.25, 0.3) is 0 Å². The molecule has 0 saturated carbocycles. The van der Waals surface area contributed by atoms with E-state index in [1.54, 1.807) is 0 Å². The lowest BCUT2D eigenvalue weighted by molar-refractivity contribution is 0.0115. The van der Waals surface area contributed by atoms with Crippen molar-refractivity contribution in [2.75, 3.05) is 39.5 Å². The molecule has 0 bridgehead atoms. The molecule has 0 radical (unpaired) electrons.